The van der Waals surface area contributed by atoms with Crippen LogP contribution in [-0.2, 0) is 0 Å². The van der Waals surface area contributed by atoms with Gasteiger partial charge in [-0.15, -0.1) is 11.3 Å². The summed E-state index contributed by atoms with van der Waals surface area (Å²) in [7, 11) is 0. The fourth-order valence-electron chi connectivity index (χ4n) is 3.72. The largest absolute Gasteiger partial charge is 0.336 e. The molecule has 1 amide bonds. The number of amides is 1. The summed E-state index contributed by atoms with van der Waals surface area (Å²) in [6.07, 6.45) is 2.86. The first-order chi connectivity index (χ1) is 12.5. The van der Waals surface area contributed by atoms with Crippen molar-refractivity contribution < 1.29 is 4.79 Å². The summed E-state index contributed by atoms with van der Waals surface area (Å²) in [5.74, 6) is 1.09. The zero-order chi connectivity index (χ0) is 18.3. The van der Waals surface area contributed by atoms with Gasteiger partial charge in [0, 0.05) is 30.5 Å². The minimum Gasteiger partial charge on any atom is -0.336 e. The molecule has 1 aliphatic heterocycles. The molecular formula is C20H22N4OS. The maximum absolute atomic E-state index is 12.9. The second kappa shape index (κ2) is 6.68. The predicted molar refractivity (Wildman–Crippen MR) is 104 cm³/mol. The molecule has 0 bridgehead atoms. The Bertz CT molecular complexity index is 944. The third kappa shape index (κ3) is 2.94. The van der Waals surface area contributed by atoms with E-state index in [9.17, 15) is 4.79 Å². The molecular weight excluding hydrogens is 344 g/mol. The molecule has 0 radical (unpaired) electrons. The van der Waals surface area contributed by atoms with E-state index in [2.05, 4.69) is 33.6 Å². The number of benzene rings is 1. The molecule has 1 fully saturated rings. The van der Waals surface area contributed by atoms with Gasteiger partial charge in [-0.25, -0.2) is 9.97 Å². The summed E-state index contributed by atoms with van der Waals surface area (Å²) < 4.78 is 2.29. The Kier molecular flexibility index (Phi) is 4.36. The number of nitrogens with zero attached hydrogens (tertiary/aromatic N) is 4. The van der Waals surface area contributed by atoms with Gasteiger partial charge in [0.05, 0.1) is 16.7 Å². The third-order valence-corrected chi connectivity index (χ3v) is 5.99. The summed E-state index contributed by atoms with van der Waals surface area (Å²) in [4.78, 5) is 24.7. The molecule has 1 atom stereocenters. The molecule has 0 saturated carbocycles. The van der Waals surface area contributed by atoms with Gasteiger partial charge in [0.1, 0.15) is 10.7 Å². The summed E-state index contributed by atoms with van der Waals surface area (Å²) in [6.45, 7) is 7.43. The lowest BCUT2D eigenvalue weighted by molar-refractivity contribution is 0.0791. The van der Waals surface area contributed by atoms with Gasteiger partial charge >= 0.3 is 0 Å². The van der Waals surface area contributed by atoms with Crippen LogP contribution in [0.3, 0.4) is 0 Å². The molecule has 6 heteroatoms. The lowest BCUT2D eigenvalue weighted by Crippen LogP contribution is -2.29. The minimum atomic E-state index is 0.106. The van der Waals surface area contributed by atoms with Crippen molar-refractivity contribution in [3.05, 3.63) is 57.8 Å². The molecule has 0 spiro atoms. The number of rotatable bonds is 3. The van der Waals surface area contributed by atoms with Gasteiger partial charge < -0.3 is 9.47 Å². The summed E-state index contributed by atoms with van der Waals surface area (Å²) >= 11 is 1.49. The van der Waals surface area contributed by atoms with Crippen molar-refractivity contribution in [2.24, 2.45) is 0 Å². The van der Waals surface area contributed by atoms with Gasteiger partial charge in [0.25, 0.3) is 5.91 Å². The Balaban J connectivity index is 1.59. The smallest absolute Gasteiger partial charge is 0.265 e. The van der Waals surface area contributed by atoms with Gasteiger partial charge in [0.15, 0.2) is 0 Å². The van der Waals surface area contributed by atoms with Gasteiger partial charge in [-0.05, 0) is 27.2 Å². The van der Waals surface area contributed by atoms with E-state index in [1.54, 1.807) is 0 Å². The highest BCUT2D eigenvalue weighted by Crippen LogP contribution is 2.31. The highest BCUT2D eigenvalue weighted by molar-refractivity contribution is 7.13. The van der Waals surface area contributed by atoms with Crippen molar-refractivity contribution in [2.75, 3.05) is 13.1 Å². The molecule has 134 valence electrons. The molecule has 1 unspecified atom stereocenters. The fraction of sp³-hybridized carbons (Fsp3) is 0.350. The number of aryl methyl sites for hydroxylation is 3. The van der Waals surface area contributed by atoms with Crippen LogP contribution in [0.15, 0.2) is 36.5 Å². The maximum atomic E-state index is 12.9. The van der Waals surface area contributed by atoms with Crippen LogP contribution in [0.5, 0.6) is 0 Å². The molecule has 4 rings (SSSR count). The molecule has 1 saturated heterocycles. The average Bonchev–Trinajstić information content (AvgIpc) is 3.33. The second-order valence-corrected chi connectivity index (χ2v) is 8.00. The standard InChI is InChI=1S/C20H22N4OS/c1-13-11-21-19(16-7-5-4-6-8-16)24(13)17-9-10-23(12-17)20(25)18-14(2)22-15(3)26-18/h4-8,11,17H,9-10,12H2,1-3H3. The molecule has 26 heavy (non-hydrogen) atoms. The number of thiazole rings is 1. The average molecular weight is 366 g/mol. The zero-order valence-corrected chi connectivity index (χ0v) is 16.1. The van der Waals surface area contributed by atoms with E-state index in [1.165, 1.54) is 11.3 Å². The Labute approximate surface area is 157 Å². The molecule has 3 heterocycles. The van der Waals surface area contributed by atoms with Gasteiger partial charge in [-0.1, -0.05) is 30.3 Å². The van der Waals surface area contributed by atoms with E-state index in [0.29, 0.717) is 6.54 Å². The van der Waals surface area contributed by atoms with Gasteiger partial charge in [-0.3, -0.25) is 4.79 Å². The molecule has 0 N–H and O–H groups in total. The van der Waals surface area contributed by atoms with E-state index < -0.39 is 0 Å². The minimum absolute atomic E-state index is 0.106. The van der Waals surface area contributed by atoms with Crippen LogP contribution in [0, 0.1) is 20.8 Å². The fourth-order valence-corrected chi connectivity index (χ4v) is 4.61. The summed E-state index contributed by atoms with van der Waals surface area (Å²) in [5, 5.41) is 0.943. The van der Waals surface area contributed by atoms with E-state index in [1.807, 2.05) is 43.1 Å². The quantitative estimate of drug-likeness (QED) is 0.703. The number of imidazole rings is 1. The van der Waals surface area contributed by atoms with Crippen molar-refractivity contribution >= 4 is 17.2 Å². The van der Waals surface area contributed by atoms with Crippen molar-refractivity contribution in [3.63, 3.8) is 0 Å². The monoisotopic (exact) mass is 366 g/mol. The van der Waals surface area contributed by atoms with E-state index in [4.69, 9.17) is 0 Å². The third-order valence-electron chi connectivity index (χ3n) is 4.93. The van der Waals surface area contributed by atoms with Crippen LogP contribution in [0.1, 0.15) is 38.5 Å². The molecule has 2 aromatic heterocycles. The lowest BCUT2D eigenvalue weighted by Gasteiger charge is -2.19. The van der Waals surface area contributed by atoms with Crippen molar-refractivity contribution in [1.29, 1.82) is 0 Å². The summed E-state index contributed by atoms with van der Waals surface area (Å²) in [6, 6.07) is 10.5. The molecule has 3 aromatic rings. The number of hydrogen-bond donors (Lipinski definition) is 0. The normalized spacial score (nSPS) is 17.0. The highest BCUT2D eigenvalue weighted by atomic mass is 32.1. The van der Waals surface area contributed by atoms with E-state index in [0.717, 1.165) is 45.6 Å². The topological polar surface area (TPSA) is 51.0 Å². The van der Waals surface area contributed by atoms with Crippen LogP contribution in [0.4, 0.5) is 0 Å². The van der Waals surface area contributed by atoms with E-state index in [-0.39, 0.29) is 11.9 Å². The molecule has 5 nitrogen and oxygen atoms in total. The highest BCUT2D eigenvalue weighted by Gasteiger charge is 2.31. The second-order valence-electron chi connectivity index (χ2n) is 6.80. The van der Waals surface area contributed by atoms with Crippen LogP contribution in [-0.4, -0.2) is 38.4 Å². The van der Waals surface area contributed by atoms with Crippen LogP contribution < -0.4 is 0 Å². The van der Waals surface area contributed by atoms with Gasteiger partial charge in [0.2, 0.25) is 0 Å². The van der Waals surface area contributed by atoms with Crippen molar-refractivity contribution in [3.8, 4) is 11.4 Å². The van der Waals surface area contributed by atoms with Crippen molar-refractivity contribution in [2.45, 2.75) is 33.2 Å². The summed E-state index contributed by atoms with van der Waals surface area (Å²) in [5.41, 5.74) is 3.08. The molecule has 1 aromatic carbocycles. The lowest BCUT2D eigenvalue weighted by atomic mass is 10.2. The molecule has 1 aliphatic rings. The van der Waals surface area contributed by atoms with Crippen molar-refractivity contribution in [1.82, 2.24) is 19.4 Å². The Morgan fingerprint density at radius 3 is 2.65 bits per heavy atom. The zero-order valence-electron chi connectivity index (χ0n) is 15.3. The first-order valence-electron chi connectivity index (χ1n) is 8.87. The predicted octanol–water partition coefficient (Wildman–Crippen LogP) is 4.02. The number of carbonyl (C=O) groups is 1. The maximum Gasteiger partial charge on any atom is 0.265 e. The SMILES string of the molecule is Cc1nc(C)c(C(=O)N2CCC(n3c(C)cnc3-c3ccccc3)C2)s1. The number of hydrogen-bond acceptors (Lipinski definition) is 4. The number of carbonyl (C=O) groups excluding carboxylic acids is 1. The molecule has 0 aliphatic carbocycles. The Morgan fingerprint density at radius 1 is 1.19 bits per heavy atom. The Morgan fingerprint density at radius 2 is 1.96 bits per heavy atom. The van der Waals surface area contributed by atoms with Crippen LogP contribution in [0.2, 0.25) is 0 Å². The van der Waals surface area contributed by atoms with Crippen LogP contribution in [0.25, 0.3) is 11.4 Å². The van der Waals surface area contributed by atoms with Gasteiger partial charge in [-0.2, -0.15) is 0 Å². The number of aromatic nitrogens is 3. The first-order valence-corrected chi connectivity index (χ1v) is 9.69. The van der Waals surface area contributed by atoms with E-state index >= 15 is 0 Å². The Hall–Kier alpha value is -2.47. The van der Waals surface area contributed by atoms with Crippen LogP contribution >= 0.6 is 11.3 Å². The number of likely N-dealkylation sites (tertiary alicyclic amines) is 1. The first kappa shape index (κ1) is 17.0.